The molecule has 0 saturated heterocycles. The summed E-state index contributed by atoms with van der Waals surface area (Å²) in [4.78, 5) is 0. The highest BCUT2D eigenvalue weighted by Gasteiger charge is 2.07. The lowest BCUT2D eigenvalue weighted by Gasteiger charge is -2.09. The molecule has 3 aromatic carbocycles. The maximum Gasteiger partial charge on any atom is 0.0513 e. The number of hydrogen-bond acceptors (Lipinski definition) is 0. The van der Waals surface area contributed by atoms with Crippen LogP contribution in [0.15, 0.2) is 36.4 Å². The van der Waals surface area contributed by atoms with Crippen molar-refractivity contribution in [2.24, 2.45) is 0 Å². The minimum atomic E-state index is 0.812. The van der Waals surface area contributed by atoms with Crippen LogP contribution in [0.4, 0.5) is 0 Å². The zero-order valence-electron chi connectivity index (χ0n) is 10.2. The van der Waals surface area contributed by atoms with Crippen LogP contribution in [0.3, 0.4) is 0 Å². The van der Waals surface area contributed by atoms with Crippen molar-refractivity contribution in [2.45, 2.75) is 13.8 Å². The van der Waals surface area contributed by atoms with Gasteiger partial charge in [0.2, 0.25) is 0 Å². The second-order valence-corrected chi connectivity index (χ2v) is 5.44. The molecular formula is C16H12Cl2. The summed E-state index contributed by atoms with van der Waals surface area (Å²) >= 11 is 12.8. The highest BCUT2D eigenvalue weighted by atomic mass is 35.5. The van der Waals surface area contributed by atoms with Crippen molar-refractivity contribution in [3.63, 3.8) is 0 Å². The predicted octanol–water partition coefficient (Wildman–Crippen LogP) is 5.92. The van der Waals surface area contributed by atoms with Crippen LogP contribution in [-0.4, -0.2) is 0 Å². The van der Waals surface area contributed by atoms with E-state index in [4.69, 9.17) is 23.2 Å². The van der Waals surface area contributed by atoms with Crippen molar-refractivity contribution in [3.8, 4) is 0 Å². The number of benzene rings is 3. The Kier molecular flexibility index (Phi) is 2.73. The van der Waals surface area contributed by atoms with Crippen LogP contribution in [0.1, 0.15) is 11.1 Å². The van der Waals surface area contributed by atoms with Gasteiger partial charge in [-0.25, -0.2) is 0 Å². The number of hydrogen-bond donors (Lipinski definition) is 0. The van der Waals surface area contributed by atoms with Gasteiger partial charge in [0.05, 0.1) is 10.0 Å². The van der Waals surface area contributed by atoms with Gasteiger partial charge in [0.15, 0.2) is 0 Å². The van der Waals surface area contributed by atoms with Crippen LogP contribution in [0.5, 0.6) is 0 Å². The summed E-state index contributed by atoms with van der Waals surface area (Å²) < 4.78 is 0. The molecule has 2 heteroatoms. The molecule has 0 spiro atoms. The Bertz CT molecular complexity index is 710. The molecule has 0 radical (unpaired) electrons. The molecule has 0 amide bonds. The third kappa shape index (κ3) is 1.68. The standard InChI is InChI=1S/C16H12Cl2/c1-9-3-5-11-7-12-6-4-10(2)16(18)14(12)8-13(11)15(9)17/h3-8H,1-2H3. The van der Waals surface area contributed by atoms with E-state index in [0.29, 0.717) is 0 Å². The van der Waals surface area contributed by atoms with E-state index >= 15 is 0 Å². The highest BCUT2D eigenvalue weighted by Crippen LogP contribution is 2.34. The molecule has 0 saturated carbocycles. The van der Waals surface area contributed by atoms with Crippen molar-refractivity contribution >= 4 is 44.7 Å². The lowest BCUT2D eigenvalue weighted by atomic mass is 10.0. The molecule has 0 aliphatic heterocycles. The molecule has 0 aliphatic rings. The quantitative estimate of drug-likeness (QED) is 0.447. The predicted molar refractivity (Wildman–Crippen MR) is 80.9 cm³/mol. The molecule has 0 N–H and O–H groups in total. The Hall–Kier alpha value is -1.24. The Morgan fingerprint density at radius 1 is 0.667 bits per heavy atom. The second-order valence-electron chi connectivity index (χ2n) is 4.69. The molecule has 0 atom stereocenters. The van der Waals surface area contributed by atoms with Crippen LogP contribution in [-0.2, 0) is 0 Å². The molecule has 0 aliphatic carbocycles. The first-order chi connectivity index (χ1) is 8.58. The summed E-state index contributed by atoms with van der Waals surface area (Å²) in [7, 11) is 0. The molecule has 3 aromatic rings. The summed E-state index contributed by atoms with van der Waals surface area (Å²) in [5, 5.41) is 6.06. The second kappa shape index (κ2) is 4.15. The van der Waals surface area contributed by atoms with Gasteiger partial charge < -0.3 is 0 Å². The maximum atomic E-state index is 6.38. The number of rotatable bonds is 0. The smallest absolute Gasteiger partial charge is 0.0513 e. The third-order valence-electron chi connectivity index (χ3n) is 3.41. The van der Waals surface area contributed by atoms with Gasteiger partial charge in [-0.3, -0.25) is 0 Å². The van der Waals surface area contributed by atoms with E-state index in [1.807, 2.05) is 26.0 Å². The van der Waals surface area contributed by atoms with Crippen LogP contribution in [0.2, 0.25) is 10.0 Å². The molecule has 0 heterocycles. The Morgan fingerprint density at radius 2 is 1.11 bits per heavy atom. The molecule has 0 unspecified atom stereocenters. The van der Waals surface area contributed by atoms with Crippen molar-refractivity contribution in [2.75, 3.05) is 0 Å². The van der Waals surface area contributed by atoms with Gasteiger partial charge in [-0.15, -0.1) is 0 Å². The molecule has 3 rings (SSSR count). The van der Waals surface area contributed by atoms with Crippen LogP contribution >= 0.6 is 23.2 Å². The summed E-state index contributed by atoms with van der Waals surface area (Å²) in [6.45, 7) is 4.04. The zero-order valence-corrected chi connectivity index (χ0v) is 11.7. The Labute approximate surface area is 116 Å². The number of halogens is 2. The van der Waals surface area contributed by atoms with Crippen molar-refractivity contribution in [1.29, 1.82) is 0 Å². The lowest BCUT2D eigenvalue weighted by Crippen LogP contribution is -1.83. The topological polar surface area (TPSA) is 0 Å². The first-order valence-corrected chi connectivity index (χ1v) is 6.61. The van der Waals surface area contributed by atoms with Gasteiger partial charge in [-0.2, -0.15) is 0 Å². The summed E-state index contributed by atoms with van der Waals surface area (Å²) in [5.41, 5.74) is 2.18. The number of aryl methyl sites for hydroxylation is 2. The van der Waals surface area contributed by atoms with E-state index in [1.165, 1.54) is 0 Å². The fraction of sp³-hybridized carbons (Fsp3) is 0.125. The van der Waals surface area contributed by atoms with E-state index in [9.17, 15) is 0 Å². The minimum absolute atomic E-state index is 0.812. The fourth-order valence-corrected chi connectivity index (χ4v) is 2.74. The monoisotopic (exact) mass is 274 g/mol. The molecular weight excluding hydrogens is 263 g/mol. The van der Waals surface area contributed by atoms with Gasteiger partial charge in [0.25, 0.3) is 0 Å². The van der Waals surface area contributed by atoms with E-state index in [1.54, 1.807) is 0 Å². The van der Waals surface area contributed by atoms with Crippen LogP contribution in [0.25, 0.3) is 21.5 Å². The van der Waals surface area contributed by atoms with E-state index in [0.717, 1.165) is 42.7 Å². The average molecular weight is 275 g/mol. The normalized spacial score (nSPS) is 11.3. The Morgan fingerprint density at radius 3 is 1.56 bits per heavy atom. The summed E-state index contributed by atoms with van der Waals surface area (Å²) in [6.07, 6.45) is 0. The van der Waals surface area contributed by atoms with E-state index < -0.39 is 0 Å². The van der Waals surface area contributed by atoms with Gasteiger partial charge in [-0.05, 0) is 47.9 Å². The SMILES string of the molecule is Cc1ccc2cc3ccc(C)c(Cl)c3cc2c1Cl. The molecule has 90 valence electrons. The third-order valence-corrected chi connectivity index (χ3v) is 4.42. The maximum absolute atomic E-state index is 6.38. The minimum Gasteiger partial charge on any atom is -0.0834 e. The molecule has 0 bridgehead atoms. The number of fused-ring (bicyclic) bond motifs is 2. The van der Waals surface area contributed by atoms with Crippen molar-refractivity contribution in [3.05, 3.63) is 57.6 Å². The molecule has 18 heavy (non-hydrogen) atoms. The molecule has 0 fully saturated rings. The van der Waals surface area contributed by atoms with Gasteiger partial charge in [0, 0.05) is 10.8 Å². The molecule has 0 nitrogen and oxygen atoms in total. The van der Waals surface area contributed by atoms with Gasteiger partial charge in [0.1, 0.15) is 0 Å². The largest absolute Gasteiger partial charge is 0.0834 e. The zero-order chi connectivity index (χ0) is 12.9. The average Bonchev–Trinajstić information content (AvgIpc) is 2.37. The van der Waals surface area contributed by atoms with Crippen molar-refractivity contribution in [1.82, 2.24) is 0 Å². The first-order valence-electron chi connectivity index (χ1n) is 5.85. The van der Waals surface area contributed by atoms with E-state index in [-0.39, 0.29) is 0 Å². The molecule has 0 aromatic heterocycles. The van der Waals surface area contributed by atoms with Gasteiger partial charge in [-0.1, -0.05) is 47.5 Å². The summed E-state index contributed by atoms with van der Waals surface area (Å²) in [6, 6.07) is 12.5. The highest BCUT2D eigenvalue weighted by molar-refractivity contribution is 6.38. The Balaban J connectivity index is 2.52. The van der Waals surface area contributed by atoms with Gasteiger partial charge >= 0.3 is 0 Å². The van der Waals surface area contributed by atoms with Crippen molar-refractivity contribution < 1.29 is 0 Å². The lowest BCUT2D eigenvalue weighted by molar-refractivity contribution is 1.50. The van der Waals surface area contributed by atoms with E-state index in [2.05, 4.69) is 24.3 Å². The fourth-order valence-electron chi connectivity index (χ4n) is 2.29. The van der Waals surface area contributed by atoms with Crippen LogP contribution < -0.4 is 0 Å². The first kappa shape index (κ1) is 11.8. The summed E-state index contributed by atoms with van der Waals surface area (Å²) in [5.74, 6) is 0. The van der Waals surface area contributed by atoms with Crippen LogP contribution in [0, 0.1) is 13.8 Å².